The third kappa shape index (κ3) is 5.89. The van der Waals surface area contributed by atoms with E-state index in [2.05, 4.69) is 0 Å². The van der Waals surface area contributed by atoms with Crippen LogP contribution in [0.5, 0.6) is 17.2 Å². The van der Waals surface area contributed by atoms with Gasteiger partial charge in [0.15, 0.2) is 18.1 Å². The fourth-order valence-corrected chi connectivity index (χ4v) is 2.79. The van der Waals surface area contributed by atoms with Crippen LogP contribution < -0.4 is 19.1 Å². The van der Waals surface area contributed by atoms with Gasteiger partial charge in [0.25, 0.3) is 5.91 Å². The van der Waals surface area contributed by atoms with Gasteiger partial charge in [0.2, 0.25) is 5.75 Å². The van der Waals surface area contributed by atoms with Crippen LogP contribution in [0, 0.1) is 6.92 Å². The first kappa shape index (κ1) is 23.1. The van der Waals surface area contributed by atoms with Crippen LogP contribution in [-0.4, -0.2) is 45.4 Å². The van der Waals surface area contributed by atoms with Crippen molar-refractivity contribution in [1.29, 1.82) is 0 Å². The molecule has 7 heteroatoms. The maximum absolute atomic E-state index is 12.6. The zero-order valence-electron chi connectivity index (χ0n) is 18.2. The molecule has 0 unspecified atom stereocenters. The van der Waals surface area contributed by atoms with E-state index in [9.17, 15) is 9.59 Å². The third-order valence-electron chi connectivity index (χ3n) is 4.23. The molecule has 0 heterocycles. The summed E-state index contributed by atoms with van der Waals surface area (Å²) >= 11 is 0. The molecule has 2 rings (SSSR count). The first-order valence-electron chi connectivity index (χ1n) is 9.97. The van der Waals surface area contributed by atoms with E-state index in [1.54, 1.807) is 7.05 Å². The SMILES string of the molecule is CCOc1cc(C(=O)OCC(=O)N(C)c2cccc(C)c2)cc(OCC)c1OCC. The van der Waals surface area contributed by atoms with Crippen LogP contribution in [-0.2, 0) is 9.53 Å². The number of likely N-dealkylation sites (N-methyl/N-ethyl adjacent to an activating group) is 1. The highest BCUT2D eigenvalue weighted by molar-refractivity contribution is 5.97. The van der Waals surface area contributed by atoms with E-state index < -0.39 is 5.97 Å². The minimum Gasteiger partial charge on any atom is -0.490 e. The Morgan fingerprint density at radius 3 is 2.03 bits per heavy atom. The molecule has 0 aliphatic rings. The molecule has 2 aromatic rings. The van der Waals surface area contributed by atoms with Crippen molar-refractivity contribution in [3.63, 3.8) is 0 Å². The lowest BCUT2D eigenvalue weighted by molar-refractivity contribution is -0.121. The molecule has 0 aliphatic carbocycles. The van der Waals surface area contributed by atoms with E-state index in [-0.39, 0.29) is 18.1 Å². The topological polar surface area (TPSA) is 74.3 Å². The normalized spacial score (nSPS) is 10.3. The number of hydrogen-bond acceptors (Lipinski definition) is 6. The van der Waals surface area contributed by atoms with Crippen molar-refractivity contribution in [3.05, 3.63) is 47.5 Å². The van der Waals surface area contributed by atoms with Crippen molar-refractivity contribution in [2.24, 2.45) is 0 Å². The van der Waals surface area contributed by atoms with Crippen molar-refractivity contribution >= 4 is 17.6 Å². The molecule has 1 amide bonds. The Morgan fingerprint density at radius 2 is 1.50 bits per heavy atom. The van der Waals surface area contributed by atoms with E-state index in [0.717, 1.165) is 11.3 Å². The number of carbonyl (C=O) groups excluding carboxylic acids is 2. The maximum atomic E-state index is 12.6. The molecule has 0 radical (unpaired) electrons. The Morgan fingerprint density at radius 1 is 0.900 bits per heavy atom. The van der Waals surface area contributed by atoms with E-state index in [1.807, 2.05) is 52.0 Å². The van der Waals surface area contributed by atoms with Gasteiger partial charge in [-0.25, -0.2) is 4.79 Å². The molecular formula is C23H29NO6. The molecule has 0 aliphatic heterocycles. The average molecular weight is 415 g/mol. The molecule has 162 valence electrons. The van der Waals surface area contributed by atoms with Crippen LogP contribution in [0.3, 0.4) is 0 Å². The molecule has 7 nitrogen and oxygen atoms in total. The molecule has 0 aromatic heterocycles. The Kier molecular flexibility index (Phi) is 8.53. The number of amides is 1. The van der Waals surface area contributed by atoms with Crippen molar-refractivity contribution < 1.29 is 28.5 Å². The first-order valence-corrected chi connectivity index (χ1v) is 9.97. The molecule has 0 N–H and O–H groups in total. The van der Waals surface area contributed by atoms with E-state index in [1.165, 1.54) is 17.0 Å². The summed E-state index contributed by atoms with van der Waals surface area (Å²) in [4.78, 5) is 26.5. The highest BCUT2D eigenvalue weighted by Gasteiger charge is 2.20. The van der Waals surface area contributed by atoms with Gasteiger partial charge in [0, 0.05) is 12.7 Å². The van der Waals surface area contributed by atoms with Crippen molar-refractivity contribution in [3.8, 4) is 17.2 Å². The number of ether oxygens (including phenoxy) is 4. The average Bonchev–Trinajstić information content (AvgIpc) is 2.73. The first-order chi connectivity index (χ1) is 14.4. The van der Waals surface area contributed by atoms with Gasteiger partial charge < -0.3 is 23.8 Å². The molecule has 0 saturated heterocycles. The minimum atomic E-state index is -0.647. The van der Waals surface area contributed by atoms with Crippen LogP contribution in [0.1, 0.15) is 36.7 Å². The quantitative estimate of drug-likeness (QED) is 0.546. The number of aryl methyl sites for hydroxylation is 1. The van der Waals surface area contributed by atoms with E-state index >= 15 is 0 Å². The summed E-state index contributed by atoms with van der Waals surface area (Å²) in [5, 5.41) is 0. The maximum Gasteiger partial charge on any atom is 0.338 e. The Labute approximate surface area is 177 Å². The van der Waals surface area contributed by atoms with Gasteiger partial charge in [-0.05, 0) is 57.5 Å². The number of esters is 1. The van der Waals surface area contributed by atoms with Crippen LogP contribution in [0.25, 0.3) is 0 Å². The molecular weight excluding hydrogens is 386 g/mol. The summed E-state index contributed by atoms with van der Waals surface area (Å²) < 4.78 is 22.1. The van der Waals surface area contributed by atoms with Gasteiger partial charge in [-0.15, -0.1) is 0 Å². The number of rotatable bonds is 10. The fraction of sp³-hybridized carbons (Fsp3) is 0.391. The Balaban J connectivity index is 2.16. The van der Waals surface area contributed by atoms with Crippen LogP contribution in [0.2, 0.25) is 0 Å². The minimum absolute atomic E-state index is 0.219. The molecule has 2 aromatic carbocycles. The van der Waals surface area contributed by atoms with E-state index in [0.29, 0.717) is 37.1 Å². The second kappa shape index (κ2) is 11.1. The second-order valence-corrected chi connectivity index (χ2v) is 6.47. The van der Waals surface area contributed by atoms with Gasteiger partial charge in [-0.1, -0.05) is 12.1 Å². The lowest BCUT2D eigenvalue weighted by Gasteiger charge is -2.18. The predicted octanol–water partition coefficient (Wildman–Crippen LogP) is 4.01. The fourth-order valence-electron chi connectivity index (χ4n) is 2.79. The summed E-state index contributed by atoms with van der Waals surface area (Å²) in [5.41, 5.74) is 1.98. The largest absolute Gasteiger partial charge is 0.490 e. The number of carbonyl (C=O) groups is 2. The zero-order chi connectivity index (χ0) is 22.1. The van der Waals surface area contributed by atoms with Crippen LogP contribution in [0.4, 0.5) is 5.69 Å². The Hall–Kier alpha value is -3.22. The number of hydrogen-bond donors (Lipinski definition) is 0. The van der Waals surface area contributed by atoms with Gasteiger partial charge >= 0.3 is 5.97 Å². The molecule has 0 saturated carbocycles. The highest BCUT2D eigenvalue weighted by atomic mass is 16.5. The molecule has 0 spiro atoms. The zero-order valence-corrected chi connectivity index (χ0v) is 18.2. The number of benzene rings is 2. The Bertz CT molecular complexity index is 853. The number of anilines is 1. The monoisotopic (exact) mass is 415 g/mol. The lowest BCUT2D eigenvalue weighted by atomic mass is 10.2. The summed E-state index contributed by atoms with van der Waals surface area (Å²) in [5.74, 6) is 0.231. The molecule has 30 heavy (non-hydrogen) atoms. The summed E-state index contributed by atoms with van der Waals surface area (Å²) in [6.07, 6.45) is 0. The molecule has 0 bridgehead atoms. The van der Waals surface area contributed by atoms with Gasteiger partial charge in [0.1, 0.15) is 0 Å². The van der Waals surface area contributed by atoms with Crippen molar-refractivity contribution in [2.45, 2.75) is 27.7 Å². The van der Waals surface area contributed by atoms with Gasteiger partial charge in [-0.2, -0.15) is 0 Å². The standard InChI is InChI=1S/C23H29NO6/c1-6-27-19-13-17(14-20(28-7-2)22(19)29-8-3)23(26)30-15-21(25)24(5)18-11-9-10-16(4)12-18/h9-14H,6-8,15H2,1-5H3. The van der Waals surface area contributed by atoms with Crippen molar-refractivity contribution in [1.82, 2.24) is 0 Å². The highest BCUT2D eigenvalue weighted by Crippen LogP contribution is 2.39. The summed E-state index contributed by atoms with van der Waals surface area (Å²) in [6.45, 7) is 8.29. The number of nitrogens with zero attached hydrogens (tertiary/aromatic N) is 1. The van der Waals surface area contributed by atoms with Gasteiger partial charge in [0.05, 0.1) is 25.4 Å². The smallest absolute Gasteiger partial charge is 0.338 e. The van der Waals surface area contributed by atoms with Crippen LogP contribution in [0.15, 0.2) is 36.4 Å². The van der Waals surface area contributed by atoms with E-state index in [4.69, 9.17) is 18.9 Å². The van der Waals surface area contributed by atoms with Crippen LogP contribution >= 0.6 is 0 Å². The summed E-state index contributed by atoms with van der Waals surface area (Å²) in [6, 6.07) is 10.6. The van der Waals surface area contributed by atoms with Crippen molar-refractivity contribution in [2.75, 3.05) is 38.4 Å². The molecule has 0 fully saturated rings. The lowest BCUT2D eigenvalue weighted by Crippen LogP contribution is -2.31. The third-order valence-corrected chi connectivity index (χ3v) is 4.23. The molecule has 0 atom stereocenters. The second-order valence-electron chi connectivity index (χ2n) is 6.47. The van der Waals surface area contributed by atoms with Gasteiger partial charge in [-0.3, -0.25) is 4.79 Å². The summed E-state index contributed by atoms with van der Waals surface area (Å²) in [7, 11) is 1.64. The predicted molar refractivity (Wildman–Crippen MR) is 115 cm³/mol.